The minimum atomic E-state index is 0. The summed E-state index contributed by atoms with van der Waals surface area (Å²) in [6.07, 6.45) is 5.74. The molecule has 4 unspecified atom stereocenters. The Morgan fingerprint density at radius 2 is 2.05 bits per heavy atom. The van der Waals surface area contributed by atoms with Gasteiger partial charge in [-0.3, -0.25) is 4.79 Å². The molecular weight excluding hydrogens is 272 g/mol. The topological polar surface area (TPSA) is 32.3 Å². The molecule has 3 nitrogen and oxygen atoms in total. The van der Waals surface area contributed by atoms with E-state index in [0.717, 1.165) is 26.1 Å². The van der Waals surface area contributed by atoms with Crippen LogP contribution in [-0.4, -0.2) is 36.5 Å². The zero-order chi connectivity index (χ0) is 13.8. The van der Waals surface area contributed by atoms with Crippen LogP contribution in [0.5, 0.6) is 0 Å². The van der Waals surface area contributed by atoms with E-state index in [1.165, 1.54) is 25.7 Å². The van der Waals surface area contributed by atoms with E-state index in [1.54, 1.807) is 0 Å². The summed E-state index contributed by atoms with van der Waals surface area (Å²) in [6, 6.07) is 0.429. The Labute approximate surface area is 130 Å². The van der Waals surface area contributed by atoms with Gasteiger partial charge in [-0.05, 0) is 63.5 Å². The van der Waals surface area contributed by atoms with Crippen molar-refractivity contribution in [3.8, 4) is 0 Å². The third-order valence-electron chi connectivity index (χ3n) is 5.33. The van der Waals surface area contributed by atoms with Gasteiger partial charge in [-0.1, -0.05) is 13.8 Å². The normalized spacial score (nSPS) is 32.4. The second kappa shape index (κ2) is 8.23. The summed E-state index contributed by atoms with van der Waals surface area (Å²) in [5.74, 6) is 2.25. The molecule has 0 aliphatic carbocycles. The lowest BCUT2D eigenvalue weighted by molar-refractivity contribution is -0.137. The summed E-state index contributed by atoms with van der Waals surface area (Å²) in [6.45, 7) is 9.97. The number of hydrogen-bond donors (Lipinski definition) is 1. The van der Waals surface area contributed by atoms with E-state index in [4.69, 9.17) is 0 Å². The summed E-state index contributed by atoms with van der Waals surface area (Å²) >= 11 is 0. The Morgan fingerprint density at radius 3 is 2.70 bits per heavy atom. The van der Waals surface area contributed by atoms with Crippen molar-refractivity contribution < 1.29 is 4.79 Å². The highest BCUT2D eigenvalue weighted by Gasteiger charge is 2.30. The number of nitrogens with zero attached hydrogens (tertiary/aromatic N) is 1. The monoisotopic (exact) mass is 302 g/mol. The van der Waals surface area contributed by atoms with Crippen molar-refractivity contribution in [1.82, 2.24) is 10.2 Å². The van der Waals surface area contributed by atoms with Crippen molar-refractivity contribution in [3.05, 3.63) is 0 Å². The molecule has 2 aliphatic heterocycles. The Balaban J connectivity index is 0.00000200. The number of nitrogens with one attached hydrogen (secondary N) is 1. The molecule has 118 valence electrons. The summed E-state index contributed by atoms with van der Waals surface area (Å²) in [5.41, 5.74) is 0. The van der Waals surface area contributed by atoms with Crippen LogP contribution < -0.4 is 5.32 Å². The molecule has 4 heteroatoms. The van der Waals surface area contributed by atoms with Crippen LogP contribution in [-0.2, 0) is 4.79 Å². The highest BCUT2D eigenvalue weighted by Crippen LogP contribution is 2.27. The average molecular weight is 303 g/mol. The molecule has 0 aromatic carbocycles. The van der Waals surface area contributed by atoms with Gasteiger partial charge in [0, 0.05) is 19.0 Å². The molecule has 2 rings (SSSR count). The van der Waals surface area contributed by atoms with Crippen LogP contribution >= 0.6 is 12.4 Å². The minimum Gasteiger partial charge on any atom is -0.340 e. The smallest absolute Gasteiger partial charge is 0.223 e. The Bertz CT molecular complexity index is 305. The molecule has 0 spiro atoms. The molecule has 1 N–H and O–H groups in total. The van der Waals surface area contributed by atoms with Crippen LogP contribution in [0.15, 0.2) is 0 Å². The first-order valence-corrected chi connectivity index (χ1v) is 8.09. The zero-order valence-electron chi connectivity index (χ0n) is 13.2. The maximum Gasteiger partial charge on any atom is 0.223 e. The van der Waals surface area contributed by atoms with Crippen molar-refractivity contribution in [3.63, 3.8) is 0 Å². The third-order valence-corrected chi connectivity index (χ3v) is 5.33. The van der Waals surface area contributed by atoms with Gasteiger partial charge in [-0.15, -0.1) is 12.4 Å². The van der Waals surface area contributed by atoms with Crippen LogP contribution in [0.3, 0.4) is 0 Å². The molecule has 2 fully saturated rings. The largest absolute Gasteiger partial charge is 0.340 e. The molecule has 0 bridgehead atoms. The van der Waals surface area contributed by atoms with Crippen LogP contribution in [0.25, 0.3) is 0 Å². The summed E-state index contributed by atoms with van der Waals surface area (Å²) in [7, 11) is 0. The molecule has 4 atom stereocenters. The van der Waals surface area contributed by atoms with E-state index in [-0.39, 0.29) is 12.4 Å². The van der Waals surface area contributed by atoms with E-state index in [9.17, 15) is 4.79 Å². The number of carbonyl (C=O) groups excluding carboxylic acids is 1. The van der Waals surface area contributed by atoms with Crippen LogP contribution in [0.1, 0.15) is 52.9 Å². The lowest BCUT2D eigenvalue weighted by Crippen LogP contribution is -2.47. The molecule has 2 aliphatic rings. The van der Waals surface area contributed by atoms with Crippen LogP contribution in [0, 0.1) is 17.8 Å². The van der Waals surface area contributed by atoms with Gasteiger partial charge in [0.05, 0.1) is 0 Å². The van der Waals surface area contributed by atoms with Gasteiger partial charge in [-0.2, -0.15) is 0 Å². The van der Waals surface area contributed by atoms with Gasteiger partial charge in [0.2, 0.25) is 5.91 Å². The molecule has 2 saturated heterocycles. The SMILES string of the molecule is CC(CC(=O)N1CCCC(C)C1C)C1CCCNC1.Cl. The van der Waals surface area contributed by atoms with E-state index < -0.39 is 0 Å². The van der Waals surface area contributed by atoms with Gasteiger partial charge in [0.15, 0.2) is 0 Å². The summed E-state index contributed by atoms with van der Waals surface area (Å²) in [5, 5.41) is 3.46. The van der Waals surface area contributed by atoms with Crippen molar-refractivity contribution in [2.24, 2.45) is 17.8 Å². The number of carbonyl (C=O) groups is 1. The fourth-order valence-electron chi connectivity index (χ4n) is 3.61. The van der Waals surface area contributed by atoms with Gasteiger partial charge < -0.3 is 10.2 Å². The molecule has 2 heterocycles. The maximum absolute atomic E-state index is 12.5. The van der Waals surface area contributed by atoms with Crippen molar-refractivity contribution in [2.75, 3.05) is 19.6 Å². The Morgan fingerprint density at radius 1 is 1.30 bits per heavy atom. The van der Waals surface area contributed by atoms with E-state index >= 15 is 0 Å². The van der Waals surface area contributed by atoms with E-state index in [0.29, 0.717) is 29.7 Å². The zero-order valence-corrected chi connectivity index (χ0v) is 14.0. The second-order valence-electron chi connectivity index (χ2n) is 6.74. The number of likely N-dealkylation sites (tertiary alicyclic amines) is 1. The molecule has 0 aromatic heterocycles. The lowest BCUT2D eigenvalue weighted by atomic mass is 9.84. The summed E-state index contributed by atoms with van der Waals surface area (Å²) in [4.78, 5) is 14.7. The Kier molecular flexibility index (Phi) is 7.32. The minimum absolute atomic E-state index is 0. The van der Waals surface area contributed by atoms with Gasteiger partial charge in [-0.25, -0.2) is 0 Å². The Hall–Kier alpha value is -0.280. The number of rotatable bonds is 3. The standard InChI is InChI=1S/C16H30N2O.ClH/c1-12-6-5-9-18(14(12)3)16(19)10-13(2)15-7-4-8-17-11-15;/h12-15,17H,4-11H2,1-3H3;1H. The molecule has 20 heavy (non-hydrogen) atoms. The van der Waals surface area contributed by atoms with E-state index in [1.807, 2.05) is 0 Å². The van der Waals surface area contributed by atoms with Crippen LogP contribution in [0.4, 0.5) is 0 Å². The van der Waals surface area contributed by atoms with Crippen molar-refractivity contribution in [1.29, 1.82) is 0 Å². The average Bonchev–Trinajstić information content (AvgIpc) is 2.42. The van der Waals surface area contributed by atoms with Gasteiger partial charge >= 0.3 is 0 Å². The van der Waals surface area contributed by atoms with Crippen molar-refractivity contribution in [2.45, 2.75) is 58.9 Å². The van der Waals surface area contributed by atoms with Crippen LogP contribution in [0.2, 0.25) is 0 Å². The quantitative estimate of drug-likeness (QED) is 0.869. The first kappa shape index (κ1) is 17.8. The highest BCUT2D eigenvalue weighted by atomic mass is 35.5. The molecule has 1 amide bonds. The molecule has 0 aromatic rings. The number of halogens is 1. The number of hydrogen-bond acceptors (Lipinski definition) is 2. The molecular formula is C16H31ClN2O. The second-order valence-corrected chi connectivity index (χ2v) is 6.74. The highest BCUT2D eigenvalue weighted by molar-refractivity contribution is 5.85. The first-order valence-electron chi connectivity index (χ1n) is 8.09. The predicted octanol–water partition coefficient (Wildman–Crippen LogP) is 3.08. The number of amides is 1. The van der Waals surface area contributed by atoms with Gasteiger partial charge in [0.1, 0.15) is 0 Å². The molecule has 0 saturated carbocycles. The lowest BCUT2D eigenvalue weighted by Gasteiger charge is -2.39. The predicted molar refractivity (Wildman–Crippen MR) is 86.2 cm³/mol. The fourth-order valence-corrected chi connectivity index (χ4v) is 3.61. The van der Waals surface area contributed by atoms with E-state index in [2.05, 4.69) is 31.0 Å². The third kappa shape index (κ3) is 4.36. The molecule has 0 radical (unpaired) electrons. The van der Waals surface area contributed by atoms with Gasteiger partial charge in [0.25, 0.3) is 0 Å². The first-order chi connectivity index (χ1) is 9.09. The maximum atomic E-state index is 12.5. The number of piperidine rings is 2. The summed E-state index contributed by atoms with van der Waals surface area (Å²) < 4.78 is 0. The van der Waals surface area contributed by atoms with Crippen molar-refractivity contribution >= 4 is 18.3 Å². The fraction of sp³-hybridized carbons (Fsp3) is 0.938.